The second-order valence-electron chi connectivity index (χ2n) is 4.42. The molecule has 2 heterocycles. The fourth-order valence-corrected chi connectivity index (χ4v) is 3.74. The number of furan rings is 1. The van der Waals surface area contributed by atoms with Crippen molar-refractivity contribution < 1.29 is 4.42 Å². The smallest absolute Gasteiger partial charge is 0.127 e. The summed E-state index contributed by atoms with van der Waals surface area (Å²) in [5.41, 5.74) is 4.35. The average molecular weight is 248 g/mol. The van der Waals surface area contributed by atoms with E-state index in [-0.39, 0.29) is 6.04 Å². The van der Waals surface area contributed by atoms with Crippen LogP contribution in [-0.2, 0) is 12.8 Å². The Morgan fingerprint density at radius 1 is 1.35 bits per heavy atom. The summed E-state index contributed by atoms with van der Waals surface area (Å²) >= 11 is 1.86. The van der Waals surface area contributed by atoms with Crippen LogP contribution in [0.15, 0.2) is 28.9 Å². The van der Waals surface area contributed by atoms with E-state index in [0.717, 1.165) is 5.76 Å². The largest absolute Gasteiger partial charge is 0.467 e. The highest BCUT2D eigenvalue weighted by molar-refractivity contribution is 7.12. The summed E-state index contributed by atoms with van der Waals surface area (Å²) in [6.07, 6.45) is 6.74. The van der Waals surface area contributed by atoms with Gasteiger partial charge in [0.05, 0.1) is 6.26 Å². The van der Waals surface area contributed by atoms with E-state index in [1.54, 1.807) is 6.26 Å². The molecule has 0 saturated heterocycles. The summed E-state index contributed by atoms with van der Waals surface area (Å²) in [6.45, 7) is 0. The topological polar surface area (TPSA) is 51.2 Å². The van der Waals surface area contributed by atoms with E-state index in [1.165, 1.54) is 41.0 Å². The lowest BCUT2D eigenvalue weighted by molar-refractivity contribution is 0.455. The number of aryl methyl sites for hydroxylation is 2. The molecule has 0 amide bonds. The molecule has 1 unspecified atom stereocenters. The highest BCUT2D eigenvalue weighted by Gasteiger charge is 2.21. The van der Waals surface area contributed by atoms with Gasteiger partial charge >= 0.3 is 0 Å². The molecule has 0 aliphatic heterocycles. The second kappa shape index (κ2) is 4.64. The van der Waals surface area contributed by atoms with E-state index in [0.29, 0.717) is 0 Å². The first-order valence-corrected chi connectivity index (χ1v) is 6.81. The summed E-state index contributed by atoms with van der Waals surface area (Å²) in [5.74, 6) is 6.53. The lowest BCUT2D eigenvalue weighted by Crippen LogP contribution is -2.27. The van der Waals surface area contributed by atoms with Crippen LogP contribution in [0.5, 0.6) is 0 Å². The number of fused-ring (bicyclic) bond motifs is 1. The van der Waals surface area contributed by atoms with Crippen LogP contribution in [-0.4, -0.2) is 0 Å². The van der Waals surface area contributed by atoms with Crippen molar-refractivity contribution in [2.24, 2.45) is 5.84 Å². The molecule has 3 nitrogen and oxygen atoms in total. The molecule has 90 valence electrons. The minimum Gasteiger partial charge on any atom is -0.467 e. The Kier molecular flexibility index (Phi) is 3.01. The lowest BCUT2D eigenvalue weighted by atomic mass is 9.98. The molecule has 1 aliphatic rings. The Morgan fingerprint density at radius 2 is 2.24 bits per heavy atom. The molecule has 1 atom stereocenters. The van der Waals surface area contributed by atoms with Crippen LogP contribution in [0.3, 0.4) is 0 Å². The zero-order chi connectivity index (χ0) is 11.7. The Hall–Kier alpha value is -1.10. The number of thiophene rings is 1. The molecule has 0 fully saturated rings. The number of hydrazine groups is 1. The molecule has 0 radical (unpaired) electrons. The van der Waals surface area contributed by atoms with E-state index in [1.807, 2.05) is 23.5 Å². The van der Waals surface area contributed by atoms with Crippen molar-refractivity contribution in [3.63, 3.8) is 0 Å². The third kappa shape index (κ3) is 2.04. The Balaban J connectivity index is 1.94. The Morgan fingerprint density at radius 3 is 2.94 bits per heavy atom. The average Bonchev–Trinajstić information content (AvgIpc) is 2.98. The van der Waals surface area contributed by atoms with Crippen molar-refractivity contribution in [1.29, 1.82) is 0 Å². The van der Waals surface area contributed by atoms with Crippen molar-refractivity contribution in [1.82, 2.24) is 5.43 Å². The minimum absolute atomic E-state index is 0.0133. The fraction of sp³-hybridized carbons (Fsp3) is 0.385. The lowest BCUT2D eigenvalue weighted by Gasteiger charge is -2.10. The number of nitrogens with one attached hydrogen (secondary N) is 1. The molecule has 0 bridgehead atoms. The number of nitrogens with two attached hydrogens (primary N) is 1. The molecular formula is C13H16N2OS. The fourth-order valence-electron chi connectivity index (χ4n) is 2.42. The van der Waals surface area contributed by atoms with Gasteiger partial charge in [0.1, 0.15) is 11.8 Å². The SMILES string of the molecule is NNC(c1ccco1)c1cc2c(s1)CCCC2. The molecule has 1 aliphatic carbocycles. The van der Waals surface area contributed by atoms with Gasteiger partial charge in [0.25, 0.3) is 0 Å². The van der Waals surface area contributed by atoms with Crippen LogP contribution in [0.4, 0.5) is 0 Å². The van der Waals surface area contributed by atoms with Gasteiger partial charge in [-0.2, -0.15) is 0 Å². The van der Waals surface area contributed by atoms with Crippen molar-refractivity contribution in [3.8, 4) is 0 Å². The van der Waals surface area contributed by atoms with Crippen LogP contribution in [0.1, 0.15) is 40.0 Å². The first-order chi connectivity index (χ1) is 8.38. The van der Waals surface area contributed by atoms with E-state index in [4.69, 9.17) is 10.3 Å². The van der Waals surface area contributed by atoms with E-state index >= 15 is 0 Å². The summed E-state index contributed by atoms with van der Waals surface area (Å²) < 4.78 is 5.44. The molecule has 3 N–H and O–H groups in total. The van der Waals surface area contributed by atoms with Crippen LogP contribution < -0.4 is 11.3 Å². The van der Waals surface area contributed by atoms with Gasteiger partial charge in [-0.15, -0.1) is 11.3 Å². The summed E-state index contributed by atoms with van der Waals surface area (Å²) in [6, 6.07) is 6.13. The first kappa shape index (κ1) is 11.0. The highest BCUT2D eigenvalue weighted by atomic mass is 32.1. The van der Waals surface area contributed by atoms with Crippen molar-refractivity contribution in [3.05, 3.63) is 45.5 Å². The molecule has 0 saturated carbocycles. The molecule has 0 spiro atoms. The molecule has 2 aromatic heterocycles. The summed E-state index contributed by atoms with van der Waals surface area (Å²) in [5, 5.41) is 0. The standard InChI is InChI=1S/C13H16N2OS/c14-15-13(10-5-3-7-16-10)12-8-9-4-1-2-6-11(9)17-12/h3,5,7-8,13,15H,1-2,4,6,14H2. The van der Waals surface area contributed by atoms with Crippen LogP contribution in [0.25, 0.3) is 0 Å². The van der Waals surface area contributed by atoms with E-state index < -0.39 is 0 Å². The Labute approximate surface area is 105 Å². The molecule has 2 aromatic rings. The van der Waals surface area contributed by atoms with Gasteiger partial charge in [-0.1, -0.05) is 0 Å². The molecule has 17 heavy (non-hydrogen) atoms. The predicted octanol–water partition coefficient (Wildman–Crippen LogP) is 2.77. The van der Waals surface area contributed by atoms with Crippen LogP contribution in [0.2, 0.25) is 0 Å². The van der Waals surface area contributed by atoms with Gasteiger partial charge in [0.2, 0.25) is 0 Å². The van der Waals surface area contributed by atoms with Crippen molar-refractivity contribution in [2.45, 2.75) is 31.7 Å². The molecule has 3 rings (SSSR count). The number of rotatable bonds is 3. The third-order valence-electron chi connectivity index (χ3n) is 3.29. The van der Waals surface area contributed by atoms with Crippen molar-refractivity contribution >= 4 is 11.3 Å². The predicted molar refractivity (Wildman–Crippen MR) is 68.8 cm³/mol. The van der Waals surface area contributed by atoms with Crippen LogP contribution in [0, 0.1) is 0 Å². The zero-order valence-corrected chi connectivity index (χ0v) is 10.4. The normalized spacial score (nSPS) is 16.8. The van der Waals surface area contributed by atoms with Gasteiger partial charge in [0.15, 0.2) is 0 Å². The molecule has 0 aromatic carbocycles. The molecular weight excluding hydrogens is 232 g/mol. The minimum atomic E-state index is -0.0133. The van der Waals surface area contributed by atoms with Gasteiger partial charge in [-0.3, -0.25) is 5.84 Å². The summed E-state index contributed by atoms with van der Waals surface area (Å²) in [4.78, 5) is 2.78. The third-order valence-corrected chi connectivity index (χ3v) is 4.60. The van der Waals surface area contributed by atoms with E-state index in [9.17, 15) is 0 Å². The maximum Gasteiger partial charge on any atom is 0.127 e. The van der Waals surface area contributed by atoms with Gasteiger partial charge in [-0.25, -0.2) is 5.43 Å². The summed E-state index contributed by atoms with van der Waals surface area (Å²) in [7, 11) is 0. The van der Waals surface area contributed by atoms with Gasteiger partial charge in [0, 0.05) is 9.75 Å². The van der Waals surface area contributed by atoms with E-state index in [2.05, 4.69) is 11.5 Å². The zero-order valence-electron chi connectivity index (χ0n) is 9.61. The van der Waals surface area contributed by atoms with Crippen LogP contribution >= 0.6 is 11.3 Å². The molecule has 4 heteroatoms. The highest BCUT2D eigenvalue weighted by Crippen LogP contribution is 2.35. The number of hydrogen-bond acceptors (Lipinski definition) is 4. The number of hydrogen-bond donors (Lipinski definition) is 2. The first-order valence-electron chi connectivity index (χ1n) is 5.99. The second-order valence-corrected chi connectivity index (χ2v) is 5.59. The maximum absolute atomic E-state index is 5.65. The quantitative estimate of drug-likeness (QED) is 0.648. The maximum atomic E-state index is 5.65. The van der Waals surface area contributed by atoms with Gasteiger partial charge in [-0.05, 0) is 49.4 Å². The van der Waals surface area contributed by atoms with Gasteiger partial charge < -0.3 is 4.42 Å². The monoisotopic (exact) mass is 248 g/mol. The Bertz CT molecular complexity index is 466. The van der Waals surface area contributed by atoms with Crippen molar-refractivity contribution in [2.75, 3.05) is 0 Å².